The first-order valence-corrected chi connectivity index (χ1v) is 10.9. The molecule has 0 atom stereocenters. The quantitative estimate of drug-likeness (QED) is 0.728. The van der Waals surface area contributed by atoms with Crippen molar-refractivity contribution in [3.05, 3.63) is 29.8 Å². The lowest BCUT2D eigenvalue weighted by Crippen LogP contribution is -2.48. The van der Waals surface area contributed by atoms with Gasteiger partial charge in [0.05, 0.1) is 4.90 Å². The van der Waals surface area contributed by atoms with Crippen LogP contribution < -0.4 is 5.32 Å². The van der Waals surface area contributed by atoms with E-state index in [-0.39, 0.29) is 6.04 Å². The van der Waals surface area contributed by atoms with E-state index in [9.17, 15) is 8.42 Å². The zero-order valence-electron chi connectivity index (χ0n) is 15.9. The molecule has 142 valence electrons. The minimum Gasteiger partial charge on any atom is -0.317 e. The number of rotatable bonds is 9. The van der Waals surface area contributed by atoms with Crippen molar-refractivity contribution >= 4 is 10.0 Å². The van der Waals surface area contributed by atoms with Gasteiger partial charge in [-0.25, -0.2) is 8.42 Å². The molecule has 1 aromatic rings. The van der Waals surface area contributed by atoms with Gasteiger partial charge < -0.3 is 10.2 Å². The Morgan fingerprint density at radius 1 is 1.12 bits per heavy atom. The topological polar surface area (TPSA) is 52.6 Å². The van der Waals surface area contributed by atoms with Crippen LogP contribution in [0.5, 0.6) is 0 Å². The highest BCUT2D eigenvalue weighted by molar-refractivity contribution is 7.89. The molecule has 6 heteroatoms. The van der Waals surface area contributed by atoms with E-state index >= 15 is 0 Å². The standard InChI is InChI=1S/C19H33N3O2S/c1-4-13-21(5-2)14-15-22(18-9-11-20-12-10-18)25(23,24)19-8-6-7-17(3)16-19/h6-8,16,18,20H,4-5,9-15H2,1-3H3. The van der Waals surface area contributed by atoms with Crippen LogP contribution in [0.15, 0.2) is 29.2 Å². The minimum absolute atomic E-state index is 0.0899. The second kappa shape index (κ2) is 9.67. The molecule has 0 radical (unpaired) electrons. The van der Waals surface area contributed by atoms with Gasteiger partial charge in [-0.3, -0.25) is 0 Å². The van der Waals surface area contributed by atoms with E-state index in [0.29, 0.717) is 11.4 Å². The molecule has 0 aromatic heterocycles. The molecule has 0 aliphatic carbocycles. The van der Waals surface area contributed by atoms with Crippen molar-refractivity contribution in [3.8, 4) is 0 Å². The zero-order valence-corrected chi connectivity index (χ0v) is 16.7. The fourth-order valence-corrected chi connectivity index (χ4v) is 5.27. The lowest BCUT2D eigenvalue weighted by molar-refractivity contribution is 0.214. The van der Waals surface area contributed by atoms with E-state index in [1.54, 1.807) is 16.4 Å². The highest BCUT2D eigenvalue weighted by Gasteiger charge is 2.32. The first-order chi connectivity index (χ1) is 12.0. The van der Waals surface area contributed by atoms with Crippen LogP contribution in [-0.2, 0) is 10.0 Å². The molecule has 5 nitrogen and oxygen atoms in total. The summed E-state index contributed by atoms with van der Waals surface area (Å²) in [6.07, 6.45) is 2.85. The molecule has 0 unspecified atom stereocenters. The number of aryl methyl sites for hydroxylation is 1. The molecule has 1 saturated heterocycles. The molecule has 0 amide bonds. The molecule has 0 saturated carbocycles. The van der Waals surface area contributed by atoms with Gasteiger partial charge in [0.2, 0.25) is 10.0 Å². The van der Waals surface area contributed by atoms with Crippen LogP contribution in [0.4, 0.5) is 0 Å². The van der Waals surface area contributed by atoms with Crippen molar-refractivity contribution in [3.63, 3.8) is 0 Å². The Hall–Kier alpha value is -0.950. The third-order valence-electron chi connectivity index (χ3n) is 4.94. The molecular formula is C19H33N3O2S. The van der Waals surface area contributed by atoms with Crippen LogP contribution >= 0.6 is 0 Å². The lowest BCUT2D eigenvalue weighted by Gasteiger charge is -2.35. The van der Waals surface area contributed by atoms with E-state index in [4.69, 9.17) is 0 Å². The Labute approximate surface area is 153 Å². The van der Waals surface area contributed by atoms with Crippen molar-refractivity contribution in [2.24, 2.45) is 0 Å². The van der Waals surface area contributed by atoms with E-state index in [0.717, 1.165) is 57.5 Å². The van der Waals surface area contributed by atoms with Crippen molar-refractivity contribution in [2.45, 2.75) is 51.0 Å². The number of hydrogen-bond donors (Lipinski definition) is 1. The summed E-state index contributed by atoms with van der Waals surface area (Å²) in [5, 5.41) is 3.33. The molecule has 1 fully saturated rings. The van der Waals surface area contributed by atoms with Gasteiger partial charge in [0.25, 0.3) is 0 Å². The summed E-state index contributed by atoms with van der Waals surface area (Å²) >= 11 is 0. The van der Waals surface area contributed by atoms with Crippen molar-refractivity contribution in [1.82, 2.24) is 14.5 Å². The maximum atomic E-state index is 13.3. The molecular weight excluding hydrogens is 334 g/mol. The van der Waals surface area contributed by atoms with Crippen molar-refractivity contribution in [1.29, 1.82) is 0 Å². The van der Waals surface area contributed by atoms with E-state index < -0.39 is 10.0 Å². The third kappa shape index (κ3) is 5.51. The molecule has 0 spiro atoms. The van der Waals surface area contributed by atoms with Gasteiger partial charge in [-0.05, 0) is 70.1 Å². The number of hydrogen-bond acceptors (Lipinski definition) is 4. The second-order valence-electron chi connectivity index (χ2n) is 6.85. The monoisotopic (exact) mass is 367 g/mol. The molecule has 25 heavy (non-hydrogen) atoms. The number of benzene rings is 1. The zero-order chi connectivity index (χ0) is 18.3. The van der Waals surface area contributed by atoms with E-state index in [1.807, 2.05) is 19.1 Å². The van der Waals surface area contributed by atoms with Gasteiger partial charge in [-0.15, -0.1) is 0 Å². The van der Waals surface area contributed by atoms with Crippen LogP contribution in [-0.4, -0.2) is 62.9 Å². The summed E-state index contributed by atoms with van der Waals surface area (Å²) < 4.78 is 28.4. The number of nitrogens with one attached hydrogen (secondary N) is 1. The normalized spacial score (nSPS) is 16.7. The first kappa shape index (κ1) is 20.4. The average molecular weight is 368 g/mol. The summed E-state index contributed by atoms with van der Waals surface area (Å²) in [6, 6.07) is 7.37. The molecule has 1 heterocycles. The van der Waals surface area contributed by atoms with Crippen LogP contribution in [0.1, 0.15) is 38.7 Å². The highest BCUT2D eigenvalue weighted by Crippen LogP contribution is 2.23. The molecule has 2 rings (SSSR count). The number of sulfonamides is 1. The summed E-state index contributed by atoms with van der Waals surface area (Å²) in [7, 11) is -3.46. The van der Waals surface area contributed by atoms with Crippen LogP contribution in [0.25, 0.3) is 0 Å². The third-order valence-corrected chi connectivity index (χ3v) is 6.88. The minimum atomic E-state index is -3.46. The fraction of sp³-hybridized carbons (Fsp3) is 0.684. The molecule has 1 aliphatic heterocycles. The predicted molar refractivity (Wildman–Crippen MR) is 103 cm³/mol. The summed E-state index contributed by atoms with van der Waals surface area (Å²) in [6.45, 7) is 11.3. The number of piperidine rings is 1. The van der Waals surface area contributed by atoms with Gasteiger partial charge in [0, 0.05) is 19.1 Å². The molecule has 1 N–H and O–H groups in total. The molecule has 1 aromatic carbocycles. The maximum Gasteiger partial charge on any atom is 0.243 e. The highest BCUT2D eigenvalue weighted by atomic mass is 32.2. The second-order valence-corrected chi connectivity index (χ2v) is 8.74. The van der Waals surface area contributed by atoms with Gasteiger partial charge >= 0.3 is 0 Å². The van der Waals surface area contributed by atoms with E-state index in [2.05, 4.69) is 24.1 Å². The Balaban J connectivity index is 2.23. The van der Waals surface area contributed by atoms with Crippen LogP contribution in [0.3, 0.4) is 0 Å². The summed E-state index contributed by atoms with van der Waals surface area (Å²) in [4.78, 5) is 2.75. The summed E-state index contributed by atoms with van der Waals surface area (Å²) in [5.74, 6) is 0. The number of likely N-dealkylation sites (N-methyl/N-ethyl adjacent to an activating group) is 1. The van der Waals surface area contributed by atoms with Gasteiger partial charge in [-0.2, -0.15) is 4.31 Å². The smallest absolute Gasteiger partial charge is 0.243 e. The Morgan fingerprint density at radius 2 is 1.84 bits per heavy atom. The van der Waals surface area contributed by atoms with Gasteiger partial charge in [0.15, 0.2) is 0 Å². The van der Waals surface area contributed by atoms with Crippen molar-refractivity contribution in [2.75, 3.05) is 39.3 Å². The SMILES string of the molecule is CCCN(CC)CCN(C1CCNCC1)S(=O)(=O)c1cccc(C)c1. The first-order valence-electron chi connectivity index (χ1n) is 9.50. The van der Waals surface area contributed by atoms with Crippen LogP contribution in [0, 0.1) is 6.92 Å². The number of nitrogens with zero attached hydrogens (tertiary/aromatic N) is 2. The van der Waals surface area contributed by atoms with Gasteiger partial charge in [-0.1, -0.05) is 26.0 Å². The Kier molecular flexibility index (Phi) is 7.87. The van der Waals surface area contributed by atoms with E-state index in [1.165, 1.54) is 0 Å². The largest absolute Gasteiger partial charge is 0.317 e. The molecule has 0 bridgehead atoms. The average Bonchev–Trinajstić information content (AvgIpc) is 2.61. The Morgan fingerprint density at radius 3 is 2.44 bits per heavy atom. The Bertz CT molecular complexity index is 627. The predicted octanol–water partition coefficient (Wildman–Crippen LogP) is 2.47. The fourth-order valence-electron chi connectivity index (χ4n) is 3.49. The molecule has 1 aliphatic rings. The van der Waals surface area contributed by atoms with Crippen molar-refractivity contribution < 1.29 is 8.42 Å². The van der Waals surface area contributed by atoms with Gasteiger partial charge in [0.1, 0.15) is 0 Å². The lowest BCUT2D eigenvalue weighted by atomic mass is 10.1. The maximum absolute atomic E-state index is 13.3. The van der Waals surface area contributed by atoms with Crippen LogP contribution in [0.2, 0.25) is 0 Å². The summed E-state index contributed by atoms with van der Waals surface area (Å²) in [5.41, 5.74) is 0.979.